The molecule has 1 atom stereocenters. The fourth-order valence-electron chi connectivity index (χ4n) is 2.02. The van der Waals surface area contributed by atoms with Gasteiger partial charge in [0.05, 0.1) is 6.04 Å². The third kappa shape index (κ3) is 5.83. The molecule has 1 aromatic heterocycles. The number of hydrogen-bond donors (Lipinski definition) is 2. The van der Waals surface area contributed by atoms with Gasteiger partial charge in [0.1, 0.15) is 0 Å². The van der Waals surface area contributed by atoms with Crippen LogP contribution in [0.15, 0.2) is 24.5 Å². The summed E-state index contributed by atoms with van der Waals surface area (Å²) in [5, 5.41) is 3.01. The van der Waals surface area contributed by atoms with Gasteiger partial charge in [0.2, 0.25) is 5.91 Å². The highest BCUT2D eigenvalue weighted by Gasteiger charge is 2.19. The molecular formula is C15H25N3O. The van der Waals surface area contributed by atoms with Crippen molar-refractivity contribution >= 4 is 5.91 Å². The van der Waals surface area contributed by atoms with Gasteiger partial charge in [-0.25, -0.2) is 0 Å². The molecule has 4 heteroatoms. The predicted octanol–water partition coefficient (Wildman–Crippen LogP) is 2.41. The van der Waals surface area contributed by atoms with Crippen molar-refractivity contribution in [3.05, 3.63) is 30.1 Å². The summed E-state index contributed by atoms with van der Waals surface area (Å²) in [6.07, 6.45) is 5.83. The molecule has 0 radical (unpaired) electrons. The molecule has 4 nitrogen and oxygen atoms in total. The number of nitrogens with zero attached hydrogens (tertiary/aromatic N) is 1. The van der Waals surface area contributed by atoms with E-state index in [0.717, 1.165) is 18.4 Å². The molecule has 1 unspecified atom stereocenters. The van der Waals surface area contributed by atoms with Crippen LogP contribution in [0.2, 0.25) is 0 Å². The number of aromatic nitrogens is 1. The van der Waals surface area contributed by atoms with Gasteiger partial charge in [-0.05, 0) is 49.4 Å². The van der Waals surface area contributed by atoms with Crippen LogP contribution in [0.4, 0.5) is 0 Å². The van der Waals surface area contributed by atoms with Crippen LogP contribution in [-0.2, 0) is 4.79 Å². The molecule has 0 spiro atoms. The number of nitrogens with two attached hydrogens (primary N) is 1. The summed E-state index contributed by atoms with van der Waals surface area (Å²) in [6.45, 7) is 6.96. The maximum atomic E-state index is 11.9. The Hall–Kier alpha value is -1.42. The van der Waals surface area contributed by atoms with Crippen LogP contribution in [0.5, 0.6) is 0 Å². The summed E-state index contributed by atoms with van der Waals surface area (Å²) >= 11 is 0. The van der Waals surface area contributed by atoms with Crippen molar-refractivity contribution in [3.63, 3.8) is 0 Å². The zero-order valence-electron chi connectivity index (χ0n) is 12.1. The average molecular weight is 263 g/mol. The highest BCUT2D eigenvalue weighted by Crippen LogP contribution is 2.25. The van der Waals surface area contributed by atoms with Crippen molar-refractivity contribution in [3.8, 4) is 0 Å². The minimum absolute atomic E-state index is 0.0214. The van der Waals surface area contributed by atoms with Gasteiger partial charge in [-0.3, -0.25) is 9.78 Å². The second-order valence-corrected chi connectivity index (χ2v) is 5.77. The SMILES string of the molecule is CC(NC(=O)CCC(C)(C)CCN)c1ccncc1. The van der Waals surface area contributed by atoms with Crippen molar-refractivity contribution in [2.45, 2.75) is 46.1 Å². The van der Waals surface area contributed by atoms with Crippen molar-refractivity contribution in [2.75, 3.05) is 6.54 Å². The van der Waals surface area contributed by atoms with Crippen LogP contribution in [0, 0.1) is 5.41 Å². The quantitative estimate of drug-likeness (QED) is 0.794. The van der Waals surface area contributed by atoms with Crippen LogP contribution in [0.25, 0.3) is 0 Å². The van der Waals surface area contributed by atoms with E-state index >= 15 is 0 Å². The molecule has 106 valence electrons. The van der Waals surface area contributed by atoms with E-state index in [9.17, 15) is 4.79 Å². The molecule has 0 saturated heterocycles. The lowest BCUT2D eigenvalue weighted by Crippen LogP contribution is -2.28. The van der Waals surface area contributed by atoms with Crippen LogP contribution < -0.4 is 11.1 Å². The minimum Gasteiger partial charge on any atom is -0.350 e. The van der Waals surface area contributed by atoms with Crippen molar-refractivity contribution in [2.24, 2.45) is 11.1 Å². The van der Waals surface area contributed by atoms with Gasteiger partial charge in [-0.1, -0.05) is 13.8 Å². The first-order chi connectivity index (χ1) is 8.94. The average Bonchev–Trinajstić information content (AvgIpc) is 2.37. The number of rotatable bonds is 7. The number of carbonyl (C=O) groups is 1. The molecule has 1 aromatic rings. The van der Waals surface area contributed by atoms with Crippen LogP contribution in [0.1, 0.15) is 51.6 Å². The molecule has 0 aliphatic rings. The normalized spacial score (nSPS) is 13.1. The monoisotopic (exact) mass is 263 g/mol. The molecule has 1 heterocycles. The first kappa shape index (κ1) is 15.6. The van der Waals surface area contributed by atoms with E-state index in [-0.39, 0.29) is 17.4 Å². The molecule has 1 rings (SSSR count). The maximum Gasteiger partial charge on any atom is 0.220 e. The van der Waals surface area contributed by atoms with E-state index in [1.807, 2.05) is 19.1 Å². The molecule has 0 bridgehead atoms. The molecule has 0 aliphatic heterocycles. The van der Waals surface area contributed by atoms with Crippen LogP contribution in [0.3, 0.4) is 0 Å². The molecule has 0 aromatic carbocycles. The molecular weight excluding hydrogens is 238 g/mol. The molecule has 0 aliphatic carbocycles. The van der Waals surface area contributed by atoms with Gasteiger partial charge in [-0.2, -0.15) is 0 Å². The number of nitrogens with one attached hydrogen (secondary N) is 1. The van der Waals surface area contributed by atoms with E-state index in [1.54, 1.807) is 12.4 Å². The summed E-state index contributed by atoms with van der Waals surface area (Å²) in [6, 6.07) is 3.86. The van der Waals surface area contributed by atoms with E-state index in [0.29, 0.717) is 13.0 Å². The lowest BCUT2D eigenvalue weighted by atomic mass is 9.84. The molecule has 0 saturated carbocycles. The topological polar surface area (TPSA) is 68.0 Å². The van der Waals surface area contributed by atoms with E-state index in [2.05, 4.69) is 24.1 Å². The zero-order valence-corrected chi connectivity index (χ0v) is 12.1. The Morgan fingerprint density at radius 3 is 2.58 bits per heavy atom. The first-order valence-corrected chi connectivity index (χ1v) is 6.84. The van der Waals surface area contributed by atoms with Gasteiger partial charge in [0, 0.05) is 18.8 Å². The van der Waals surface area contributed by atoms with Gasteiger partial charge < -0.3 is 11.1 Å². The first-order valence-electron chi connectivity index (χ1n) is 6.84. The Morgan fingerprint density at radius 2 is 2.00 bits per heavy atom. The van der Waals surface area contributed by atoms with Gasteiger partial charge in [0.25, 0.3) is 0 Å². The summed E-state index contributed by atoms with van der Waals surface area (Å²) in [5.74, 6) is 0.0920. The molecule has 3 N–H and O–H groups in total. The second kappa shape index (κ2) is 7.24. The third-order valence-electron chi connectivity index (χ3n) is 3.43. The van der Waals surface area contributed by atoms with Gasteiger partial charge >= 0.3 is 0 Å². The van der Waals surface area contributed by atoms with Crippen molar-refractivity contribution < 1.29 is 4.79 Å². The van der Waals surface area contributed by atoms with Crippen molar-refractivity contribution in [1.29, 1.82) is 0 Å². The van der Waals surface area contributed by atoms with E-state index < -0.39 is 0 Å². The Bertz CT molecular complexity index is 390. The van der Waals surface area contributed by atoms with E-state index in [4.69, 9.17) is 5.73 Å². The largest absolute Gasteiger partial charge is 0.350 e. The standard InChI is InChI=1S/C15H25N3O/c1-12(13-5-10-17-11-6-13)18-14(19)4-7-15(2,3)8-9-16/h5-6,10-12H,4,7-9,16H2,1-3H3,(H,18,19). The molecule has 0 fully saturated rings. The highest BCUT2D eigenvalue weighted by molar-refractivity contribution is 5.76. The Labute approximate surface area is 115 Å². The summed E-state index contributed by atoms with van der Waals surface area (Å²) < 4.78 is 0. The number of hydrogen-bond acceptors (Lipinski definition) is 3. The van der Waals surface area contributed by atoms with Crippen LogP contribution >= 0.6 is 0 Å². The van der Waals surface area contributed by atoms with Gasteiger partial charge in [-0.15, -0.1) is 0 Å². The summed E-state index contributed by atoms with van der Waals surface area (Å²) in [7, 11) is 0. The predicted molar refractivity (Wildman–Crippen MR) is 77.5 cm³/mol. The number of amides is 1. The second-order valence-electron chi connectivity index (χ2n) is 5.77. The Morgan fingerprint density at radius 1 is 1.37 bits per heavy atom. The third-order valence-corrected chi connectivity index (χ3v) is 3.43. The Kier molecular flexibility index (Phi) is 5.96. The molecule has 1 amide bonds. The van der Waals surface area contributed by atoms with Gasteiger partial charge in [0.15, 0.2) is 0 Å². The summed E-state index contributed by atoms with van der Waals surface area (Å²) in [4.78, 5) is 15.9. The summed E-state index contributed by atoms with van der Waals surface area (Å²) in [5.41, 5.74) is 6.78. The Balaban J connectivity index is 2.39. The number of carbonyl (C=O) groups excluding carboxylic acids is 1. The lowest BCUT2D eigenvalue weighted by Gasteiger charge is -2.24. The smallest absolute Gasteiger partial charge is 0.220 e. The highest BCUT2D eigenvalue weighted by atomic mass is 16.1. The number of pyridine rings is 1. The zero-order chi connectivity index (χ0) is 14.3. The van der Waals surface area contributed by atoms with Crippen LogP contribution in [-0.4, -0.2) is 17.4 Å². The fraction of sp³-hybridized carbons (Fsp3) is 0.600. The minimum atomic E-state index is 0.0214. The van der Waals surface area contributed by atoms with Crippen molar-refractivity contribution in [1.82, 2.24) is 10.3 Å². The fourth-order valence-corrected chi connectivity index (χ4v) is 2.02. The lowest BCUT2D eigenvalue weighted by molar-refractivity contribution is -0.122. The maximum absolute atomic E-state index is 11.9. The van der Waals surface area contributed by atoms with E-state index in [1.165, 1.54) is 0 Å². The molecule has 19 heavy (non-hydrogen) atoms.